The van der Waals surface area contributed by atoms with Crippen molar-refractivity contribution < 1.29 is 28.6 Å². The summed E-state index contributed by atoms with van der Waals surface area (Å²) in [7, 11) is 0. The van der Waals surface area contributed by atoms with Gasteiger partial charge in [0.1, 0.15) is 17.9 Å². The van der Waals surface area contributed by atoms with Crippen LogP contribution in [0.5, 0.6) is 0 Å². The van der Waals surface area contributed by atoms with Crippen molar-refractivity contribution >= 4 is 18.1 Å². The van der Waals surface area contributed by atoms with Gasteiger partial charge in [0.15, 0.2) is 0 Å². The fourth-order valence-electron chi connectivity index (χ4n) is 4.41. The molecule has 1 aromatic carbocycles. The first-order valence-electron chi connectivity index (χ1n) is 11.5. The van der Waals surface area contributed by atoms with Gasteiger partial charge >= 0.3 is 12.2 Å². The summed E-state index contributed by atoms with van der Waals surface area (Å²) in [5.41, 5.74) is -0.663. The van der Waals surface area contributed by atoms with Gasteiger partial charge < -0.3 is 14.2 Å². The maximum atomic E-state index is 13.5. The molecule has 184 valence electrons. The van der Waals surface area contributed by atoms with E-state index in [9.17, 15) is 19.6 Å². The summed E-state index contributed by atoms with van der Waals surface area (Å²) in [6.45, 7) is 9.13. The largest absolute Gasteiger partial charge is 0.447 e. The van der Waals surface area contributed by atoms with Crippen molar-refractivity contribution in [3.63, 3.8) is 0 Å². The van der Waals surface area contributed by atoms with Crippen molar-refractivity contribution in [3.8, 4) is 6.07 Å². The Morgan fingerprint density at radius 1 is 1.21 bits per heavy atom. The van der Waals surface area contributed by atoms with Gasteiger partial charge in [0.25, 0.3) is 0 Å². The molecule has 2 fully saturated rings. The van der Waals surface area contributed by atoms with E-state index in [1.165, 1.54) is 4.90 Å². The third-order valence-corrected chi connectivity index (χ3v) is 5.92. The van der Waals surface area contributed by atoms with Gasteiger partial charge in [-0.1, -0.05) is 30.3 Å². The minimum Gasteiger partial charge on any atom is -0.447 e. The molecule has 3 atom stereocenters. The molecule has 0 radical (unpaired) electrons. The zero-order valence-electron chi connectivity index (χ0n) is 20.4. The predicted octanol–water partition coefficient (Wildman–Crippen LogP) is 3.87. The SMILES string of the molecule is CC(C)(C)OC(=O)N1C(CC(CC#N)C(=O)N2C(=O)OCC2Cc2ccccc2)COC1(C)C. The molecule has 0 spiro atoms. The Balaban J connectivity index is 1.79. The second-order valence-corrected chi connectivity index (χ2v) is 10.2. The third kappa shape index (κ3) is 5.86. The zero-order valence-corrected chi connectivity index (χ0v) is 20.4. The van der Waals surface area contributed by atoms with Crippen LogP contribution < -0.4 is 0 Å². The Kier molecular flexibility index (Phi) is 7.51. The van der Waals surface area contributed by atoms with Crippen LogP contribution in [0.2, 0.25) is 0 Å². The number of rotatable bonds is 6. The van der Waals surface area contributed by atoms with E-state index in [0.717, 1.165) is 10.5 Å². The van der Waals surface area contributed by atoms with E-state index in [4.69, 9.17) is 14.2 Å². The average molecular weight is 472 g/mol. The number of carbonyl (C=O) groups excluding carboxylic acids is 3. The Morgan fingerprint density at radius 3 is 2.50 bits per heavy atom. The van der Waals surface area contributed by atoms with Gasteiger partial charge in [-0.25, -0.2) is 14.5 Å². The van der Waals surface area contributed by atoms with Gasteiger partial charge in [-0.15, -0.1) is 0 Å². The minimum atomic E-state index is -0.935. The van der Waals surface area contributed by atoms with Crippen LogP contribution in [0.1, 0.15) is 53.0 Å². The summed E-state index contributed by atoms with van der Waals surface area (Å²) in [6.07, 6.45) is -0.732. The maximum Gasteiger partial charge on any atom is 0.416 e. The van der Waals surface area contributed by atoms with Crippen molar-refractivity contribution in [3.05, 3.63) is 35.9 Å². The fraction of sp³-hybridized carbons (Fsp3) is 0.600. The first-order chi connectivity index (χ1) is 15.9. The Morgan fingerprint density at radius 2 is 1.88 bits per heavy atom. The van der Waals surface area contributed by atoms with E-state index in [0.29, 0.717) is 6.42 Å². The lowest BCUT2D eigenvalue weighted by molar-refractivity contribution is -0.134. The van der Waals surface area contributed by atoms with E-state index in [-0.39, 0.29) is 26.1 Å². The molecule has 34 heavy (non-hydrogen) atoms. The van der Waals surface area contributed by atoms with Crippen molar-refractivity contribution in [1.82, 2.24) is 9.80 Å². The molecule has 0 saturated carbocycles. The predicted molar refractivity (Wildman–Crippen MR) is 122 cm³/mol. The summed E-state index contributed by atoms with van der Waals surface area (Å²) in [6, 6.07) is 10.6. The van der Waals surface area contributed by atoms with Crippen molar-refractivity contribution in [2.45, 2.75) is 77.3 Å². The molecular weight excluding hydrogens is 438 g/mol. The molecule has 0 N–H and O–H groups in total. The van der Waals surface area contributed by atoms with Gasteiger partial charge in [-0.3, -0.25) is 9.69 Å². The smallest absolute Gasteiger partial charge is 0.416 e. The molecule has 3 rings (SSSR count). The molecule has 2 aliphatic heterocycles. The van der Waals surface area contributed by atoms with Crippen LogP contribution in [-0.4, -0.2) is 64.5 Å². The summed E-state index contributed by atoms with van der Waals surface area (Å²) in [4.78, 5) is 41.6. The van der Waals surface area contributed by atoms with Crippen LogP contribution in [0.4, 0.5) is 9.59 Å². The molecule has 0 bridgehead atoms. The highest BCUT2D eigenvalue weighted by molar-refractivity contribution is 5.95. The molecule has 3 unspecified atom stereocenters. The number of benzene rings is 1. The number of nitrogens with zero attached hydrogens (tertiary/aromatic N) is 3. The average Bonchev–Trinajstić information content (AvgIpc) is 3.25. The highest BCUT2D eigenvalue weighted by atomic mass is 16.6. The highest BCUT2D eigenvalue weighted by Crippen LogP contribution is 2.34. The number of hydrogen-bond acceptors (Lipinski definition) is 7. The van der Waals surface area contributed by atoms with Crippen molar-refractivity contribution in [2.75, 3.05) is 13.2 Å². The molecule has 2 saturated heterocycles. The Labute approximate surface area is 200 Å². The van der Waals surface area contributed by atoms with E-state index >= 15 is 0 Å². The van der Waals surface area contributed by atoms with Crippen molar-refractivity contribution in [2.24, 2.45) is 5.92 Å². The van der Waals surface area contributed by atoms with Crippen molar-refractivity contribution in [1.29, 1.82) is 5.26 Å². The monoisotopic (exact) mass is 471 g/mol. The van der Waals surface area contributed by atoms with Gasteiger partial charge in [0.05, 0.1) is 30.7 Å². The molecule has 9 nitrogen and oxygen atoms in total. The van der Waals surface area contributed by atoms with E-state index in [1.807, 2.05) is 30.3 Å². The molecular formula is C25H33N3O6. The Hall–Kier alpha value is -3.12. The number of cyclic esters (lactones) is 1. The topological polar surface area (TPSA) is 109 Å². The Bertz CT molecular complexity index is 950. The summed E-state index contributed by atoms with van der Waals surface area (Å²) >= 11 is 0. The summed E-state index contributed by atoms with van der Waals surface area (Å²) < 4.78 is 16.6. The first-order valence-corrected chi connectivity index (χ1v) is 11.5. The highest BCUT2D eigenvalue weighted by Gasteiger charge is 2.48. The van der Waals surface area contributed by atoms with E-state index in [1.54, 1.807) is 34.6 Å². The third-order valence-electron chi connectivity index (χ3n) is 5.92. The van der Waals surface area contributed by atoms with E-state index < -0.39 is 47.4 Å². The quantitative estimate of drug-likeness (QED) is 0.619. The lowest BCUT2D eigenvalue weighted by Gasteiger charge is -2.36. The summed E-state index contributed by atoms with van der Waals surface area (Å²) in [5, 5.41) is 9.43. The fourth-order valence-corrected chi connectivity index (χ4v) is 4.41. The van der Waals surface area contributed by atoms with Crippen LogP contribution >= 0.6 is 0 Å². The number of ether oxygens (including phenoxy) is 3. The van der Waals surface area contributed by atoms with Crippen LogP contribution in [0.25, 0.3) is 0 Å². The lowest BCUT2D eigenvalue weighted by Crippen LogP contribution is -2.51. The van der Waals surface area contributed by atoms with Crippen LogP contribution in [0, 0.1) is 17.2 Å². The van der Waals surface area contributed by atoms with Gasteiger partial charge in [0, 0.05) is 6.42 Å². The van der Waals surface area contributed by atoms with Gasteiger partial charge in [0.2, 0.25) is 5.91 Å². The molecule has 0 aliphatic carbocycles. The molecule has 0 aromatic heterocycles. The molecule has 9 heteroatoms. The van der Waals surface area contributed by atoms with Gasteiger partial charge in [-0.05, 0) is 53.0 Å². The lowest BCUT2D eigenvalue weighted by atomic mass is 9.94. The zero-order chi connectivity index (χ0) is 25.1. The molecule has 2 heterocycles. The maximum absolute atomic E-state index is 13.5. The number of amides is 3. The number of hydrogen-bond donors (Lipinski definition) is 0. The summed E-state index contributed by atoms with van der Waals surface area (Å²) in [5.74, 6) is -1.28. The van der Waals surface area contributed by atoms with Crippen LogP contribution in [0.15, 0.2) is 30.3 Å². The van der Waals surface area contributed by atoms with Crippen LogP contribution in [-0.2, 0) is 25.4 Å². The second-order valence-electron chi connectivity index (χ2n) is 10.2. The molecule has 1 aromatic rings. The normalized spacial score (nSPS) is 22.8. The number of carbonyl (C=O) groups is 3. The minimum absolute atomic E-state index is 0.0975. The number of nitriles is 1. The van der Waals surface area contributed by atoms with Crippen LogP contribution in [0.3, 0.4) is 0 Å². The first kappa shape index (κ1) is 25.5. The number of imide groups is 1. The van der Waals surface area contributed by atoms with Gasteiger partial charge in [-0.2, -0.15) is 5.26 Å². The second kappa shape index (κ2) is 10.0. The molecule has 3 amide bonds. The van der Waals surface area contributed by atoms with E-state index in [2.05, 4.69) is 6.07 Å². The standard InChI is InChI=1S/C25H33N3O6/c1-24(2,3)34-23(31)28-20(16-33-25(28,4)5)14-18(11-12-26)21(29)27-19(15-32-22(27)30)13-17-9-7-6-8-10-17/h6-10,18-20H,11,13-16H2,1-5H3. The molecule has 2 aliphatic rings.